The first-order valence-electron chi connectivity index (χ1n) is 5.68. The van der Waals surface area contributed by atoms with Crippen molar-refractivity contribution in [1.82, 2.24) is 5.32 Å². The Morgan fingerprint density at radius 1 is 1.33 bits per heavy atom. The number of nitrogens with two attached hydrogens (primary N) is 1. The molecule has 0 aromatic heterocycles. The summed E-state index contributed by atoms with van der Waals surface area (Å²) in [4.78, 5) is 22.3. The second kappa shape index (κ2) is 5.73. The Balaban J connectivity index is 2.30. The van der Waals surface area contributed by atoms with Crippen molar-refractivity contribution in [1.29, 1.82) is 0 Å². The van der Waals surface area contributed by atoms with E-state index in [2.05, 4.69) is 5.32 Å². The van der Waals surface area contributed by atoms with Gasteiger partial charge < -0.3 is 11.1 Å². The van der Waals surface area contributed by atoms with Gasteiger partial charge in [-0.25, -0.2) is 0 Å². The average molecular weight is 212 g/mol. The summed E-state index contributed by atoms with van der Waals surface area (Å²) in [5.41, 5.74) is 5.05. The van der Waals surface area contributed by atoms with Crippen LogP contribution in [0.4, 0.5) is 0 Å². The largest absolute Gasteiger partial charge is 0.370 e. The third-order valence-corrected chi connectivity index (χ3v) is 2.91. The van der Waals surface area contributed by atoms with Crippen LogP contribution in [0.2, 0.25) is 0 Å². The van der Waals surface area contributed by atoms with E-state index in [0.29, 0.717) is 6.04 Å². The summed E-state index contributed by atoms with van der Waals surface area (Å²) in [5.74, 6) is -0.758. The van der Waals surface area contributed by atoms with Crippen molar-refractivity contribution in [3.8, 4) is 0 Å². The predicted molar refractivity (Wildman–Crippen MR) is 58.0 cm³/mol. The lowest BCUT2D eigenvalue weighted by Gasteiger charge is -2.24. The van der Waals surface area contributed by atoms with Crippen molar-refractivity contribution in [2.24, 2.45) is 11.7 Å². The lowest BCUT2D eigenvalue weighted by Crippen LogP contribution is -2.40. The molecule has 1 rings (SSSR count). The lowest BCUT2D eigenvalue weighted by atomic mass is 9.94. The van der Waals surface area contributed by atoms with Crippen molar-refractivity contribution in [2.75, 3.05) is 0 Å². The van der Waals surface area contributed by atoms with Crippen LogP contribution in [-0.2, 0) is 9.59 Å². The van der Waals surface area contributed by atoms with E-state index < -0.39 is 5.91 Å². The standard InChI is InChI=1S/C11H20N2O2/c1-8(7-10(12)14)11(15)13-9-5-3-2-4-6-9/h8-9H,2-7H2,1H3,(H2,12,14)(H,13,15). The fourth-order valence-electron chi connectivity index (χ4n) is 1.98. The smallest absolute Gasteiger partial charge is 0.223 e. The molecule has 0 radical (unpaired) electrons. The average Bonchev–Trinajstić information content (AvgIpc) is 2.18. The van der Waals surface area contributed by atoms with Crippen LogP contribution >= 0.6 is 0 Å². The first kappa shape index (κ1) is 12.0. The zero-order valence-electron chi connectivity index (χ0n) is 9.29. The molecule has 0 aromatic carbocycles. The fourth-order valence-corrected chi connectivity index (χ4v) is 1.98. The van der Waals surface area contributed by atoms with E-state index >= 15 is 0 Å². The van der Waals surface area contributed by atoms with E-state index in [0.717, 1.165) is 12.8 Å². The van der Waals surface area contributed by atoms with Gasteiger partial charge in [0.05, 0.1) is 0 Å². The number of primary amides is 1. The molecule has 4 heteroatoms. The molecular formula is C11H20N2O2. The van der Waals surface area contributed by atoms with E-state index in [4.69, 9.17) is 5.73 Å². The molecule has 0 bridgehead atoms. The Hall–Kier alpha value is -1.06. The Labute approximate surface area is 90.6 Å². The normalized spacial score (nSPS) is 19.5. The van der Waals surface area contributed by atoms with Gasteiger partial charge in [-0.05, 0) is 12.8 Å². The highest BCUT2D eigenvalue weighted by atomic mass is 16.2. The Morgan fingerprint density at radius 3 is 2.47 bits per heavy atom. The molecule has 86 valence electrons. The van der Waals surface area contributed by atoms with E-state index in [1.807, 2.05) is 0 Å². The molecule has 1 aliphatic rings. The highest BCUT2D eigenvalue weighted by Crippen LogP contribution is 2.17. The van der Waals surface area contributed by atoms with E-state index in [9.17, 15) is 9.59 Å². The maximum absolute atomic E-state index is 11.6. The van der Waals surface area contributed by atoms with Crippen LogP contribution < -0.4 is 11.1 Å². The van der Waals surface area contributed by atoms with Gasteiger partial charge in [-0.1, -0.05) is 26.2 Å². The van der Waals surface area contributed by atoms with Crippen LogP contribution in [0.1, 0.15) is 45.4 Å². The van der Waals surface area contributed by atoms with E-state index in [1.54, 1.807) is 6.92 Å². The molecule has 2 amide bonds. The third kappa shape index (κ3) is 4.32. The van der Waals surface area contributed by atoms with E-state index in [1.165, 1.54) is 19.3 Å². The number of carbonyl (C=O) groups excluding carboxylic acids is 2. The summed E-state index contributed by atoms with van der Waals surface area (Å²) >= 11 is 0. The number of carbonyl (C=O) groups is 2. The molecule has 4 nitrogen and oxygen atoms in total. The molecule has 0 saturated heterocycles. The summed E-state index contributed by atoms with van der Waals surface area (Å²) in [7, 11) is 0. The minimum absolute atomic E-state index is 0.0410. The molecule has 1 saturated carbocycles. The number of amides is 2. The van der Waals surface area contributed by atoms with Crippen LogP contribution in [0, 0.1) is 5.92 Å². The zero-order valence-corrected chi connectivity index (χ0v) is 9.29. The summed E-state index contributed by atoms with van der Waals surface area (Å²) < 4.78 is 0. The summed E-state index contributed by atoms with van der Waals surface area (Å²) in [5, 5.41) is 2.98. The molecule has 0 spiro atoms. The van der Waals surface area contributed by atoms with Crippen LogP contribution in [0.15, 0.2) is 0 Å². The number of nitrogens with one attached hydrogen (secondary N) is 1. The highest BCUT2D eigenvalue weighted by molar-refractivity contribution is 5.84. The van der Waals surface area contributed by atoms with Gasteiger partial charge in [0.2, 0.25) is 11.8 Å². The predicted octanol–water partition coefficient (Wildman–Crippen LogP) is 0.947. The van der Waals surface area contributed by atoms with Gasteiger partial charge in [0.15, 0.2) is 0 Å². The van der Waals surface area contributed by atoms with Gasteiger partial charge in [-0.3, -0.25) is 9.59 Å². The van der Waals surface area contributed by atoms with Crippen LogP contribution in [0.25, 0.3) is 0 Å². The Morgan fingerprint density at radius 2 is 1.93 bits per heavy atom. The van der Waals surface area contributed by atoms with Gasteiger partial charge in [0.25, 0.3) is 0 Å². The fraction of sp³-hybridized carbons (Fsp3) is 0.818. The van der Waals surface area contributed by atoms with E-state index in [-0.39, 0.29) is 18.2 Å². The Bertz CT molecular complexity index is 235. The highest BCUT2D eigenvalue weighted by Gasteiger charge is 2.20. The van der Waals surface area contributed by atoms with Gasteiger partial charge in [0, 0.05) is 18.4 Å². The third-order valence-electron chi connectivity index (χ3n) is 2.91. The van der Waals surface area contributed by atoms with Gasteiger partial charge >= 0.3 is 0 Å². The van der Waals surface area contributed by atoms with Gasteiger partial charge in [-0.2, -0.15) is 0 Å². The first-order chi connectivity index (χ1) is 7.09. The van der Waals surface area contributed by atoms with Crippen molar-refractivity contribution in [2.45, 2.75) is 51.5 Å². The molecule has 0 heterocycles. The molecule has 1 aliphatic carbocycles. The second-order valence-electron chi connectivity index (χ2n) is 4.42. The SMILES string of the molecule is CC(CC(N)=O)C(=O)NC1CCCCC1. The molecular weight excluding hydrogens is 192 g/mol. The van der Waals surface area contributed by atoms with Gasteiger partial charge in [0.1, 0.15) is 0 Å². The summed E-state index contributed by atoms with van der Waals surface area (Å²) in [6.07, 6.45) is 5.91. The van der Waals surface area contributed by atoms with Crippen LogP contribution in [-0.4, -0.2) is 17.9 Å². The molecule has 1 atom stereocenters. The van der Waals surface area contributed by atoms with Crippen molar-refractivity contribution in [3.63, 3.8) is 0 Å². The van der Waals surface area contributed by atoms with Gasteiger partial charge in [-0.15, -0.1) is 0 Å². The molecule has 0 aliphatic heterocycles. The first-order valence-corrected chi connectivity index (χ1v) is 5.68. The molecule has 3 N–H and O–H groups in total. The summed E-state index contributed by atoms with van der Waals surface area (Å²) in [6.45, 7) is 1.74. The molecule has 15 heavy (non-hydrogen) atoms. The van der Waals surface area contributed by atoms with Crippen LogP contribution in [0.5, 0.6) is 0 Å². The maximum Gasteiger partial charge on any atom is 0.223 e. The lowest BCUT2D eigenvalue weighted by molar-refractivity contribution is -0.129. The summed E-state index contributed by atoms with van der Waals surface area (Å²) in [6, 6.07) is 0.307. The minimum atomic E-state index is -0.415. The second-order valence-corrected chi connectivity index (χ2v) is 4.42. The molecule has 1 unspecified atom stereocenters. The topological polar surface area (TPSA) is 72.2 Å². The Kier molecular flexibility index (Phi) is 4.59. The number of rotatable bonds is 4. The number of hydrogen-bond acceptors (Lipinski definition) is 2. The van der Waals surface area contributed by atoms with Crippen LogP contribution in [0.3, 0.4) is 0 Å². The zero-order chi connectivity index (χ0) is 11.3. The van der Waals surface area contributed by atoms with Crippen molar-refractivity contribution >= 4 is 11.8 Å². The number of hydrogen-bond donors (Lipinski definition) is 2. The monoisotopic (exact) mass is 212 g/mol. The molecule has 0 aromatic rings. The quantitative estimate of drug-likeness (QED) is 0.728. The van der Waals surface area contributed by atoms with Crippen molar-refractivity contribution < 1.29 is 9.59 Å². The maximum atomic E-state index is 11.6. The minimum Gasteiger partial charge on any atom is -0.370 e. The molecule has 1 fully saturated rings. The van der Waals surface area contributed by atoms with Crippen molar-refractivity contribution in [3.05, 3.63) is 0 Å².